The van der Waals surface area contributed by atoms with E-state index in [1.54, 1.807) is 0 Å². The average molecular weight is 279 g/mol. The van der Waals surface area contributed by atoms with Crippen LogP contribution in [0.25, 0.3) is 0 Å². The van der Waals surface area contributed by atoms with Gasteiger partial charge in [0.2, 0.25) is 0 Å². The van der Waals surface area contributed by atoms with E-state index >= 15 is 0 Å². The molecule has 1 aromatic heterocycles. The lowest BCUT2D eigenvalue weighted by Crippen LogP contribution is -2.36. The summed E-state index contributed by atoms with van der Waals surface area (Å²) < 4.78 is 5.67. The van der Waals surface area contributed by atoms with E-state index in [0.717, 1.165) is 31.3 Å². The topological polar surface area (TPSA) is 31.7 Å². The Bertz CT molecular complexity index is 381. The molecule has 1 N–H and O–H groups in total. The first-order valence-corrected chi connectivity index (χ1v) is 7.81. The molecule has 0 aromatic carbocycles. The molecule has 0 atom stereocenters. The number of furan rings is 1. The fourth-order valence-corrected chi connectivity index (χ4v) is 2.94. The monoisotopic (exact) mass is 279 g/mol. The summed E-state index contributed by atoms with van der Waals surface area (Å²) in [6.45, 7) is 8.61. The molecular formula is C16H29N3O. The molecule has 0 saturated carbocycles. The smallest absolute Gasteiger partial charge is 0.118 e. The Morgan fingerprint density at radius 2 is 2.10 bits per heavy atom. The molecule has 0 spiro atoms. The Labute approximate surface area is 123 Å². The van der Waals surface area contributed by atoms with Crippen molar-refractivity contribution in [3.63, 3.8) is 0 Å². The maximum Gasteiger partial charge on any atom is 0.118 e. The van der Waals surface area contributed by atoms with Gasteiger partial charge in [-0.2, -0.15) is 0 Å². The minimum atomic E-state index is 0.863. The molecule has 0 radical (unpaired) electrons. The van der Waals surface area contributed by atoms with Crippen molar-refractivity contribution in [3.05, 3.63) is 23.7 Å². The third-order valence-electron chi connectivity index (χ3n) is 4.00. The molecule has 1 aromatic rings. The molecule has 20 heavy (non-hydrogen) atoms. The summed E-state index contributed by atoms with van der Waals surface area (Å²) in [6.07, 6.45) is 4.50. The molecule has 2 heterocycles. The van der Waals surface area contributed by atoms with E-state index in [0.29, 0.717) is 0 Å². The second-order valence-electron chi connectivity index (χ2n) is 6.18. The van der Waals surface area contributed by atoms with E-state index in [1.807, 2.05) is 6.26 Å². The summed E-state index contributed by atoms with van der Waals surface area (Å²) in [5.41, 5.74) is 1.25. The fourth-order valence-electron chi connectivity index (χ4n) is 2.94. The second kappa shape index (κ2) is 7.81. The van der Waals surface area contributed by atoms with Crippen molar-refractivity contribution in [2.45, 2.75) is 32.9 Å². The summed E-state index contributed by atoms with van der Waals surface area (Å²) in [4.78, 5) is 4.82. The summed E-state index contributed by atoms with van der Waals surface area (Å²) in [5, 5.41) is 3.33. The normalized spacial score (nSPS) is 18.0. The number of likely N-dealkylation sites (tertiary alicyclic amines) is 1. The fraction of sp³-hybridized carbons (Fsp3) is 0.750. The van der Waals surface area contributed by atoms with Crippen LogP contribution in [-0.4, -0.2) is 50.1 Å². The molecule has 1 saturated heterocycles. The van der Waals surface area contributed by atoms with Crippen LogP contribution in [0.2, 0.25) is 0 Å². The highest BCUT2D eigenvalue weighted by Crippen LogP contribution is 2.20. The first kappa shape index (κ1) is 15.5. The van der Waals surface area contributed by atoms with Crippen molar-refractivity contribution in [2.24, 2.45) is 5.92 Å². The number of piperidine rings is 1. The highest BCUT2D eigenvalue weighted by atomic mass is 16.3. The molecule has 0 unspecified atom stereocenters. The van der Waals surface area contributed by atoms with Gasteiger partial charge in [-0.1, -0.05) is 6.92 Å². The average Bonchev–Trinajstić information content (AvgIpc) is 2.86. The molecule has 114 valence electrons. The second-order valence-corrected chi connectivity index (χ2v) is 6.18. The highest BCUT2D eigenvalue weighted by Gasteiger charge is 2.20. The minimum absolute atomic E-state index is 0.863. The van der Waals surface area contributed by atoms with Crippen LogP contribution in [0, 0.1) is 5.92 Å². The summed E-state index contributed by atoms with van der Waals surface area (Å²) in [6, 6.07) is 2.19. The lowest BCUT2D eigenvalue weighted by Gasteiger charge is -2.32. The Morgan fingerprint density at radius 3 is 2.75 bits per heavy atom. The summed E-state index contributed by atoms with van der Waals surface area (Å²) in [7, 11) is 4.34. The SMILES string of the molecule is CCNCc1coc(CN2CCC(CN(C)C)CC2)c1. The Balaban J connectivity index is 1.73. The zero-order valence-electron chi connectivity index (χ0n) is 13.2. The van der Waals surface area contributed by atoms with E-state index in [4.69, 9.17) is 4.42 Å². The van der Waals surface area contributed by atoms with Crippen LogP contribution in [0.5, 0.6) is 0 Å². The molecule has 0 aliphatic carbocycles. The van der Waals surface area contributed by atoms with Gasteiger partial charge in [0.1, 0.15) is 5.76 Å². The van der Waals surface area contributed by atoms with Crippen LogP contribution in [-0.2, 0) is 13.1 Å². The first-order valence-electron chi connectivity index (χ1n) is 7.81. The van der Waals surface area contributed by atoms with Crippen molar-refractivity contribution >= 4 is 0 Å². The largest absolute Gasteiger partial charge is 0.468 e. The van der Waals surface area contributed by atoms with Crippen molar-refractivity contribution in [2.75, 3.05) is 40.3 Å². The third-order valence-corrected chi connectivity index (χ3v) is 4.00. The maximum absolute atomic E-state index is 5.67. The van der Waals surface area contributed by atoms with Crippen molar-refractivity contribution < 1.29 is 4.42 Å². The quantitative estimate of drug-likeness (QED) is 0.829. The first-order chi connectivity index (χ1) is 9.67. The predicted octanol–water partition coefficient (Wildman–Crippen LogP) is 2.16. The van der Waals surface area contributed by atoms with Crippen LogP contribution in [0.1, 0.15) is 31.1 Å². The van der Waals surface area contributed by atoms with Gasteiger partial charge in [-0.25, -0.2) is 0 Å². The molecule has 0 amide bonds. The van der Waals surface area contributed by atoms with Gasteiger partial charge in [-0.15, -0.1) is 0 Å². The number of nitrogens with zero attached hydrogens (tertiary/aromatic N) is 2. The zero-order valence-corrected chi connectivity index (χ0v) is 13.2. The van der Waals surface area contributed by atoms with Gasteiger partial charge in [-0.3, -0.25) is 4.90 Å². The van der Waals surface area contributed by atoms with Crippen LogP contribution in [0.4, 0.5) is 0 Å². The van der Waals surface area contributed by atoms with Gasteiger partial charge in [0.25, 0.3) is 0 Å². The summed E-state index contributed by atoms with van der Waals surface area (Å²) >= 11 is 0. The molecular weight excluding hydrogens is 250 g/mol. The van der Waals surface area contributed by atoms with Gasteiger partial charge in [-0.05, 0) is 58.6 Å². The molecule has 2 rings (SSSR count). The van der Waals surface area contributed by atoms with E-state index in [-0.39, 0.29) is 0 Å². The van der Waals surface area contributed by atoms with E-state index in [9.17, 15) is 0 Å². The number of rotatable bonds is 7. The molecule has 1 aliphatic heterocycles. The van der Waals surface area contributed by atoms with Crippen molar-refractivity contribution in [1.82, 2.24) is 15.1 Å². The van der Waals surface area contributed by atoms with Gasteiger partial charge >= 0.3 is 0 Å². The zero-order chi connectivity index (χ0) is 14.4. The van der Waals surface area contributed by atoms with Crippen LogP contribution in [0.3, 0.4) is 0 Å². The lowest BCUT2D eigenvalue weighted by atomic mass is 9.96. The van der Waals surface area contributed by atoms with E-state index in [1.165, 1.54) is 38.0 Å². The number of hydrogen-bond donors (Lipinski definition) is 1. The standard InChI is InChI=1S/C16H29N3O/c1-4-17-10-15-9-16(20-13-15)12-19-7-5-14(6-8-19)11-18(2)3/h9,13-14,17H,4-8,10-12H2,1-3H3. The molecule has 1 fully saturated rings. The predicted molar refractivity (Wildman–Crippen MR) is 82.6 cm³/mol. The third kappa shape index (κ3) is 4.93. The Morgan fingerprint density at radius 1 is 1.35 bits per heavy atom. The van der Waals surface area contributed by atoms with Gasteiger partial charge in [0.05, 0.1) is 12.8 Å². The van der Waals surface area contributed by atoms with Gasteiger partial charge in [0, 0.05) is 18.7 Å². The number of nitrogens with one attached hydrogen (secondary N) is 1. The molecule has 4 heteroatoms. The minimum Gasteiger partial charge on any atom is -0.468 e. The highest BCUT2D eigenvalue weighted by molar-refractivity contribution is 5.12. The lowest BCUT2D eigenvalue weighted by molar-refractivity contribution is 0.149. The van der Waals surface area contributed by atoms with Crippen molar-refractivity contribution in [3.8, 4) is 0 Å². The van der Waals surface area contributed by atoms with Crippen LogP contribution >= 0.6 is 0 Å². The van der Waals surface area contributed by atoms with Crippen LogP contribution in [0.15, 0.2) is 16.7 Å². The van der Waals surface area contributed by atoms with E-state index in [2.05, 4.69) is 42.2 Å². The summed E-state index contributed by atoms with van der Waals surface area (Å²) in [5.74, 6) is 1.96. The van der Waals surface area contributed by atoms with E-state index < -0.39 is 0 Å². The number of hydrogen-bond acceptors (Lipinski definition) is 4. The van der Waals surface area contributed by atoms with Gasteiger partial charge in [0.15, 0.2) is 0 Å². The van der Waals surface area contributed by atoms with Crippen molar-refractivity contribution in [1.29, 1.82) is 0 Å². The molecule has 1 aliphatic rings. The molecule has 4 nitrogen and oxygen atoms in total. The van der Waals surface area contributed by atoms with Gasteiger partial charge < -0.3 is 14.6 Å². The maximum atomic E-state index is 5.67. The van der Waals surface area contributed by atoms with Crippen LogP contribution < -0.4 is 5.32 Å². The Kier molecular flexibility index (Phi) is 6.07. The Hall–Kier alpha value is -0.840. The molecule has 0 bridgehead atoms.